The normalized spacial score (nSPS) is 29.7. The van der Waals surface area contributed by atoms with Gasteiger partial charge in [0.05, 0.1) is 0 Å². The Hall–Kier alpha value is -0.380. The number of hydrogen-bond acceptors (Lipinski definition) is 2. The number of rotatable bonds is 3. The van der Waals surface area contributed by atoms with E-state index in [4.69, 9.17) is 5.73 Å². The van der Waals surface area contributed by atoms with Crippen molar-refractivity contribution in [2.45, 2.75) is 63.6 Å². The van der Waals surface area contributed by atoms with E-state index in [0.29, 0.717) is 6.04 Å². The van der Waals surface area contributed by atoms with Crippen molar-refractivity contribution in [2.24, 2.45) is 11.7 Å². The van der Waals surface area contributed by atoms with Gasteiger partial charge < -0.3 is 5.73 Å². The second-order valence-corrected chi connectivity index (χ2v) is 7.77. The minimum Gasteiger partial charge on any atom is -0.326 e. The third-order valence-corrected chi connectivity index (χ3v) is 5.82. The third-order valence-electron chi connectivity index (χ3n) is 5.33. The number of halogens is 1. The molecule has 1 aromatic carbocycles. The van der Waals surface area contributed by atoms with E-state index in [1.165, 1.54) is 50.6 Å². The molecule has 0 amide bonds. The summed E-state index contributed by atoms with van der Waals surface area (Å²) in [4.78, 5) is 2.74. The van der Waals surface area contributed by atoms with Crippen LogP contribution in [0.25, 0.3) is 0 Å². The highest BCUT2D eigenvalue weighted by molar-refractivity contribution is 9.10. The van der Waals surface area contributed by atoms with Crippen LogP contribution in [0, 0.1) is 5.92 Å². The standard InChI is InChI=1S/C18H27BrN2/c1-13(20)18(15-7-4-9-16(19)12-15)21-11-5-8-14-6-2-3-10-17(14)21/h4,7,9,12-14,17-18H,2-3,5-6,8,10-11,20H2,1H3. The lowest BCUT2D eigenvalue weighted by molar-refractivity contribution is 0.0178. The summed E-state index contributed by atoms with van der Waals surface area (Å²) in [5.41, 5.74) is 7.78. The SMILES string of the molecule is CC(N)C(c1cccc(Br)c1)N1CCCC2CCCCC21. The van der Waals surface area contributed by atoms with Gasteiger partial charge in [-0.05, 0) is 62.8 Å². The summed E-state index contributed by atoms with van der Waals surface area (Å²) in [6, 6.07) is 10.0. The highest BCUT2D eigenvalue weighted by Crippen LogP contribution is 2.40. The van der Waals surface area contributed by atoms with E-state index in [1.807, 2.05) is 0 Å². The molecule has 21 heavy (non-hydrogen) atoms. The van der Waals surface area contributed by atoms with Crippen LogP contribution in [0.2, 0.25) is 0 Å². The highest BCUT2D eigenvalue weighted by Gasteiger charge is 2.38. The molecular weight excluding hydrogens is 324 g/mol. The fourth-order valence-corrected chi connectivity index (χ4v) is 4.91. The van der Waals surface area contributed by atoms with E-state index in [0.717, 1.165) is 16.4 Å². The average Bonchev–Trinajstić information content (AvgIpc) is 2.47. The first-order valence-corrected chi connectivity index (χ1v) is 9.23. The van der Waals surface area contributed by atoms with Crippen molar-refractivity contribution < 1.29 is 0 Å². The first kappa shape index (κ1) is 15.5. The van der Waals surface area contributed by atoms with Crippen molar-refractivity contribution in [1.82, 2.24) is 4.90 Å². The number of nitrogens with zero attached hydrogens (tertiary/aromatic N) is 1. The number of likely N-dealkylation sites (tertiary alicyclic amines) is 1. The van der Waals surface area contributed by atoms with Gasteiger partial charge in [0.15, 0.2) is 0 Å². The maximum atomic E-state index is 6.41. The molecule has 0 bridgehead atoms. The van der Waals surface area contributed by atoms with Gasteiger partial charge in [-0.1, -0.05) is 40.9 Å². The molecule has 4 atom stereocenters. The molecule has 1 saturated heterocycles. The predicted molar refractivity (Wildman–Crippen MR) is 92.2 cm³/mol. The second-order valence-electron chi connectivity index (χ2n) is 6.85. The average molecular weight is 351 g/mol. The van der Waals surface area contributed by atoms with Gasteiger partial charge in [-0.25, -0.2) is 0 Å². The van der Waals surface area contributed by atoms with Gasteiger partial charge in [0, 0.05) is 22.6 Å². The van der Waals surface area contributed by atoms with Gasteiger partial charge in [0.1, 0.15) is 0 Å². The molecule has 1 saturated carbocycles. The van der Waals surface area contributed by atoms with E-state index in [2.05, 4.69) is 52.0 Å². The van der Waals surface area contributed by atoms with Crippen molar-refractivity contribution in [3.63, 3.8) is 0 Å². The summed E-state index contributed by atoms with van der Waals surface area (Å²) in [7, 11) is 0. The summed E-state index contributed by atoms with van der Waals surface area (Å²) in [6.07, 6.45) is 8.35. The Labute approximate surface area is 137 Å². The van der Waals surface area contributed by atoms with Gasteiger partial charge >= 0.3 is 0 Å². The summed E-state index contributed by atoms with van der Waals surface area (Å²) in [5.74, 6) is 0.904. The van der Waals surface area contributed by atoms with Crippen molar-refractivity contribution in [3.05, 3.63) is 34.3 Å². The molecule has 1 heterocycles. The molecular formula is C18H27BrN2. The van der Waals surface area contributed by atoms with Crippen LogP contribution in [0.5, 0.6) is 0 Å². The lowest BCUT2D eigenvalue weighted by atomic mass is 9.77. The van der Waals surface area contributed by atoms with E-state index in [1.54, 1.807) is 0 Å². The Balaban J connectivity index is 1.89. The zero-order chi connectivity index (χ0) is 14.8. The van der Waals surface area contributed by atoms with E-state index < -0.39 is 0 Å². The van der Waals surface area contributed by atoms with Crippen LogP contribution in [0.3, 0.4) is 0 Å². The van der Waals surface area contributed by atoms with Crippen molar-refractivity contribution >= 4 is 15.9 Å². The maximum absolute atomic E-state index is 6.41. The maximum Gasteiger partial charge on any atom is 0.0499 e. The van der Waals surface area contributed by atoms with Crippen LogP contribution < -0.4 is 5.73 Å². The zero-order valence-corrected chi connectivity index (χ0v) is 14.6. The van der Waals surface area contributed by atoms with Crippen molar-refractivity contribution in [1.29, 1.82) is 0 Å². The van der Waals surface area contributed by atoms with Gasteiger partial charge in [-0.3, -0.25) is 4.90 Å². The Morgan fingerprint density at radius 1 is 1.19 bits per heavy atom. The largest absolute Gasteiger partial charge is 0.326 e. The Morgan fingerprint density at radius 2 is 1.95 bits per heavy atom. The number of benzene rings is 1. The molecule has 0 radical (unpaired) electrons. The molecule has 1 aliphatic heterocycles. The van der Waals surface area contributed by atoms with Gasteiger partial charge in [-0.15, -0.1) is 0 Å². The number of nitrogens with two attached hydrogens (primary N) is 1. The second kappa shape index (κ2) is 6.80. The predicted octanol–water partition coefficient (Wildman–Crippen LogP) is 4.49. The molecule has 1 aromatic rings. The minimum absolute atomic E-state index is 0.167. The Morgan fingerprint density at radius 3 is 2.71 bits per heavy atom. The fourth-order valence-electron chi connectivity index (χ4n) is 4.50. The number of piperidine rings is 1. The molecule has 1 aliphatic carbocycles. The number of hydrogen-bond donors (Lipinski definition) is 1. The first-order chi connectivity index (χ1) is 10.2. The van der Waals surface area contributed by atoms with E-state index in [9.17, 15) is 0 Å². The monoisotopic (exact) mass is 350 g/mol. The van der Waals surface area contributed by atoms with E-state index in [-0.39, 0.29) is 6.04 Å². The van der Waals surface area contributed by atoms with Gasteiger partial charge in [0.25, 0.3) is 0 Å². The lowest BCUT2D eigenvalue weighted by Gasteiger charge is -2.49. The van der Waals surface area contributed by atoms with Gasteiger partial charge in [0.2, 0.25) is 0 Å². The Bertz CT molecular complexity index is 472. The molecule has 0 aromatic heterocycles. The zero-order valence-electron chi connectivity index (χ0n) is 13.0. The fraction of sp³-hybridized carbons (Fsp3) is 0.667. The topological polar surface area (TPSA) is 29.3 Å². The van der Waals surface area contributed by atoms with Crippen LogP contribution in [-0.2, 0) is 0 Å². The molecule has 0 spiro atoms. The summed E-state index contributed by atoms with van der Waals surface area (Å²) < 4.78 is 1.16. The molecule has 2 aliphatic rings. The molecule has 4 unspecified atom stereocenters. The molecule has 3 rings (SSSR count). The molecule has 2 N–H and O–H groups in total. The lowest BCUT2D eigenvalue weighted by Crippen LogP contribution is -2.52. The summed E-state index contributed by atoms with van der Waals surface area (Å²) >= 11 is 3.61. The highest BCUT2D eigenvalue weighted by atomic mass is 79.9. The van der Waals surface area contributed by atoms with Crippen LogP contribution in [0.1, 0.15) is 57.1 Å². The molecule has 116 valence electrons. The van der Waals surface area contributed by atoms with Crippen LogP contribution in [0.4, 0.5) is 0 Å². The van der Waals surface area contributed by atoms with Crippen molar-refractivity contribution in [2.75, 3.05) is 6.54 Å². The molecule has 3 heteroatoms. The Kier molecular flexibility index (Phi) is 5.03. The van der Waals surface area contributed by atoms with E-state index >= 15 is 0 Å². The number of fused-ring (bicyclic) bond motifs is 1. The summed E-state index contributed by atoms with van der Waals surface area (Å²) in [5, 5.41) is 0. The summed E-state index contributed by atoms with van der Waals surface area (Å²) in [6.45, 7) is 3.37. The van der Waals surface area contributed by atoms with Gasteiger partial charge in [-0.2, -0.15) is 0 Å². The van der Waals surface area contributed by atoms with Crippen LogP contribution in [-0.4, -0.2) is 23.5 Å². The van der Waals surface area contributed by atoms with Crippen LogP contribution >= 0.6 is 15.9 Å². The quantitative estimate of drug-likeness (QED) is 0.869. The third kappa shape index (κ3) is 3.35. The minimum atomic E-state index is 0.167. The molecule has 2 fully saturated rings. The first-order valence-electron chi connectivity index (χ1n) is 8.43. The smallest absolute Gasteiger partial charge is 0.0499 e. The van der Waals surface area contributed by atoms with Crippen molar-refractivity contribution in [3.8, 4) is 0 Å². The molecule has 2 nitrogen and oxygen atoms in total. The van der Waals surface area contributed by atoms with Crippen LogP contribution in [0.15, 0.2) is 28.7 Å².